The van der Waals surface area contributed by atoms with E-state index >= 15 is 0 Å². The molecular formula is C17H18ClNO4S. The van der Waals surface area contributed by atoms with Crippen molar-refractivity contribution in [1.82, 2.24) is 5.32 Å². The number of aliphatic carboxylic acids is 1. The second-order valence-electron chi connectivity index (χ2n) is 5.33. The summed E-state index contributed by atoms with van der Waals surface area (Å²) in [6.45, 7) is 3.69. The number of thiophene rings is 1. The number of amides is 1. The smallest absolute Gasteiger partial charge is 0.341 e. The summed E-state index contributed by atoms with van der Waals surface area (Å²) in [7, 11) is 0. The summed E-state index contributed by atoms with van der Waals surface area (Å²) in [6.07, 6.45) is 0.723. The van der Waals surface area contributed by atoms with E-state index in [1.165, 1.54) is 11.3 Å². The van der Waals surface area contributed by atoms with Crippen LogP contribution in [0.2, 0.25) is 4.34 Å². The molecule has 0 bridgehead atoms. The van der Waals surface area contributed by atoms with E-state index in [1.807, 2.05) is 12.1 Å². The van der Waals surface area contributed by atoms with Gasteiger partial charge in [-0.1, -0.05) is 11.6 Å². The number of hydrogen-bond acceptors (Lipinski definition) is 4. The van der Waals surface area contributed by atoms with E-state index in [2.05, 4.69) is 5.32 Å². The van der Waals surface area contributed by atoms with Crippen molar-refractivity contribution in [3.8, 4) is 5.75 Å². The minimum absolute atomic E-state index is 0.173. The molecule has 1 amide bonds. The molecule has 7 heteroatoms. The molecule has 0 radical (unpaired) electrons. The van der Waals surface area contributed by atoms with Crippen LogP contribution in [0.5, 0.6) is 5.75 Å². The summed E-state index contributed by atoms with van der Waals surface area (Å²) < 4.78 is 6.00. The minimum Gasteiger partial charge on any atom is -0.481 e. The zero-order chi connectivity index (χ0) is 17.7. The van der Waals surface area contributed by atoms with Gasteiger partial charge in [0.25, 0.3) is 5.91 Å². The largest absolute Gasteiger partial charge is 0.481 e. The van der Waals surface area contributed by atoms with E-state index < -0.39 is 12.6 Å². The van der Waals surface area contributed by atoms with Crippen molar-refractivity contribution in [3.05, 3.63) is 50.2 Å². The van der Waals surface area contributed by atoms with Gasteiger partial charge in [-0.25, -0.2) is 4.79 Å². The number of carboxylic acid groups (broad SMARTS) is 1. The summed E-state index contributed by atoms with van der Waals surface area (Å²) in [6, 6.07) is 7.18. The van der Waals surface area contributed by atoms with Gasteiger partial charge in [0.15, 0.2) is 6.61 Å². The fraction of sp³-hybridized carbons (Fsp3) is 0.294. The maximum Gasteiger partial charge on any atom is 0.341 e. The lowest BCUT2D eigenvalue weighted by atomic mass is 10.1. The Morgan fingerprint density at radius 3 is 2.46 bits per heavy atom. The number of rotatable bonds is 7. The minimum atomic E-state index is -1.04. The van der Waals surface area contributed by atoms with Gasteiger partial charge in [0.05, 0.1) is 4.34 Å². The molecule has 5 nitrogen and oxygen atoms in total. The number of carbonyl (C=O) groups excluding carboxylic acids is 1. The maximum absolute atomic E-state index is 12.3. The van der Waals surface area contributed by atoms with Crippen molar-refractivity contribution in [2.24, 2.45) is 0 Å². The van der Waals surface area contributed by atoms with Gasteiger partial charge in [-0.05, 0) is 55.7 Å². The molecule has 2 aromatic rings. The summed E-state index contributed by atoms with van der Waals surface area (Å²) in [5.41, 5.74) is 1.98. The van der Waals surface area contributed by atoms with E-state index in [0.29, 0.717) is 17.9 Å². The Hall–Kier alpha value is -2.05. The molecular weight excluding hydrogens is 350 g/mol. The molecule has 0 atom stereocenters. The molecule has 0 saturated heterocycles. The van der Waals surface area contributed by atoms with Gasteiger partial charge in [-0.15, -0.1) is 11.3 Å². The fourth-order valence-corrected chi connectivity index (χ4v) is 3.42. The highest BCUT2D eigenvalue weighted by molar-refractivity contribution is 7.16. The number of carbonyl (C=O) groups is 2. The molecule has 1 heterocycles. The SMILES string of the molecule is Cc1cc(C(=O)NCCc2ccc(Cl)s2)cc(C)c1OCC(=O)O. The Kier molecular flexibility index (Phi) is 6.23. The standard InChI is InChI=1S/C17H18ClNO4S/c1-10-7-12(8-11(2)16(10)23-9-15(20)21)17(22)19-6-5-13-3-4-14(18)24-13/h3-4,7-8H,5-6,9H2,1-2H3,(H,19,22)(H,20,21). The molecule has 2 rings (SSSR count). The van der Waals surface area contributed by atoms with Crippen molar-refractivity contribution >= 4 is 34.8 Å². The van der Waals surface area contributed by atoms with Crippen LogP contribution in [0.25, 0.3) is 0 Å². The zero-order valence-corrected chi connectivity index (χ0v) is 15.0. The average Bonchev–Trinajstić information content (AvgIpc) is 2.91. The second-order valence-corrected chi connectivity index (χ2v) is 7.13. The Balaban J connectivity index is 1.97. The highest BCUT2D eigenvalue weighted by Crippen LogP contribution is 2.25. The molecule has 0 aliphatic rings. The summed E-state index contributed by atoms with van der Waals surface area (Å²) in [5.74, 6) is -0.708. The van der Waals surface area contributed by atoms with Crippen molar-refractivity contribution in [1.29, 1.82) is 0 Å². The van der Waals surface area contributed by atoms with Gasteiger partial charge >= 0.3 is 5.97 Å². The van der Waals surface area contributed by atoms with Crippen LogP contribution in [0.3, 0.4) is 0 Å². The molecule has 0 fully saturated rings. The first-order valence-corrected chi connectivity index (χ1v) is 8.54. The lowest BCUT2D eigenvalue weighted by Gasteiger charge is -2.13. The Bertz CT molecular complexity index is 734. The van der Waals surface area contributed by atoms with Crippen LogP contribution in [0, 0.1) is 13.8 Å². The maximum atomic E-state index is 12.3. The topological polar surface area (TPSA) is 75.6 Å². The predicted molar refractivity (Wildman–Crippen MR) is 94.4 cm³/mol. The first-order valence-electron chi connectivity index (χ1n) is 7.35. The number of halogens is 1. The monoisotopic (exact) mass is 367 g/mol. The normalized spacial score (nSPS) is 10.5. The highest BCUT2D eigenvalue weighted by atomic mass is 35.5. The first-order chi connectivity index (χ1) is 11.4. The molecule has 128 valence electrons. The van der Waals surface area contributed by atoms with E-state index in [4.69, 9.17) is 21.4 Å². The van der Waals surface area contributed by atoms with Gasteiger partial charge in [0.1, 0.15) is 5.75 Å². The van der Waals surface area contributed by atoms with E-state index in [-0.39, 0.29) is 5.91 Å². The van der Waals surface area contributed by atoms with Gasteiger partial charge in [0, 0.05) is 17.0 Å². The molecule has 0 aliphatic carbocycles. The average molecular weight is 368 g/mol. The number of carboxylic acids is 1. The van der Waals surface area contributed by atoms with Crippen LogP contribution < -0.4 is 10.1 Å². The predicted octanol–water partition coefficient (Wildman–Crippen LogP) is 3.45. The third kappa shape index (κ3) is 4.97. The molecule has 24 heavy (non-hydrogen) atoms. The van der Waals surface area contributed by atoms with Crippen LogP contribution in [0.1, 0.15) is 26.4 Å². The number of ether oxygens (including phenoxy) is 1. The van der Waals surface area contributed by atoms with Crippen LogP contribution >= 0.6 is 22.9 Å². The van der Waals surface area contributed by atoms with Gasteiger partial charge in [-0.3, -0.25) is 4.79 Å². The summed E-state index contributed by atoms with van der Waals surface area (Å²) in [5, 5.41) is 11.6. The molecule has 1 aromatic carbocycles. The van der Waals surface area contributed by atoms with Crippen molar-refractivity contribution in [3.63, 3.8) is 0 Å². The summed E-state index contributed by atoms with van der Waals surface area (Å²) >= 11 is 7.37. The van der Waals surface area contributed by atoms with Crippen LogP contribution in [0.15, 0.2) is 24.3 Å². The molecule has 2 N–H and O–H groups in total. The molecule has 1 aromatic heterocycles. The fourth-order valence-electron chi connectivity index (χ4n) is 2.33. The van der Waals surface area contributed by atoms with Gasteiger partial charge < -0.3 is 15.2 Å². The molecule has 0 aliphatic heterocycles. The van der Waals surface area contributed by atoms with Crippen molar-refractivity contribution < 1.29 is 19.4 Å². The van der Waals surface area contributed by atoms with Crippen LogP contribution in [0.4, 0.5) is 0 Å². The second kappa shape index (κ2) is 8.17. The Labute approximate surface area is 149 Å². The third-order valence-electron chi connectivity index (χ3n) is 3.35. The first kappa shape index (κ1) is 18.3. The Morgan fingerprint density at radius 2 is 1.92 bits per heavy atom. The summed E-state index contributed by atoms with van der Waals surface area (Å²) in [4.78, 5) is 24.0. The van der Waals surface area contributed by atoms with Gasteiger partial charge in [0.2, 0.25) is 0 Å². The van der Waals surface area contributed by atoms with Crippen LogP contribution in [-0.4, -0.2) is 30.1 Å². The number of hydrogen-bond donors (Lipinski definition) is 2. The van der Waals surface area contributed by atoms with E-state index in [9.17, 15) is 9.59 Å². The highest BCUT2D eigenvalue weighted by Gasteiger charge is 2.12. The lowest BCUT2D eigenvalue weighted by Crippen LogP contribution is -2.25. The van der Waals surface area contributed by atoms with Crippen molar-refractivity contribution in [2.45, 2.75) is 20.3 Å². The number of aryl methyl sites for hydroxylation is 2. The lowest BCUT2D eigenvalue weighted by molar-refractivity contribution is -0.139. The molecule has 0 saturated carbocycles. The number of nitrogens with one attached hydrogen (secondary N) is 1. The van der Waals surface area contributed by atoms with Crippen molar-refractivity contribution in [2.75, 3.05) is 13.2 Å². The van der Waals surface area contributed by atoms with E-state index in [0.717, 1.165) is 26.8 Å². The zero-order valence-electron chi connectivity index (χ0n) is 13.4. The molecule has 0 unspecified atom stereocenters. The van der Waals surface area contributed by atoms with E-state index in [1.54, 1.807) is 26.0 Å². The number of benzene rings is 1. The van der Waals surface area contributed by atoms with Crippen LogP contribution in [-0.2, 0) is 11.2 Å². The third-order valence-corrected chi connectivity index (χ3v) is 4.64. The quantitative estimate of drug-likeness (QED) is 0.785. The molecule has 0 spiro atoms. The Morgan fingerprint density at radius 1 is 1.25 bits per heavy atom. The van der Waals surface area contributed by atoms with Gasteiger partial charge in [-0.2, -0.15) is 0 Å².